The number of aryl methyl sites for hydroxylation is 1. The standard InChI is InChI=1S/C19H26N4O/c1-4-21-19(22-13-18(24)16-9-11-20-12-10-16)23-15(3)17-8-6-5-7-14(17)2/h5-12,15,18,24H,4,13H2,1-3H3,(H2,21,22,23). The highest BCUT2D eigenvalue weighted by Gasteiger charge is 2.11. The number of pyridine rings is 1. The summed E-state index contributed by atoms with van der Waals surface area (Å²) >= 11 is 0. The van der Waals surface area contributed by atoms with E-state index in [1.165, 1.54) is 11.1 Å². The van der Waals surface area contributed by atoms with Gasteiger partial charge in [0.1, 0.15) is 0 Å². The summed E-state index contributed by atoms with van der Waals surface area (Å²) in [4.78, 5) is 8.47. The molecule has 0 saturated heterocycles. The van der Waals surface area contributed by atoms with Crippen molar-refractivity contribution in [1.29, 1.82) is 0 Å². The first-order valence-corrected chi connectivity index (χ1v) is 8.30. The van der Waals surface area contributed by atoms with Crippen molar-refractivity contribution in [3.8, 4) is 0 Å². The van der Waals surface area contributed by atoms with E-state index in [0.29, 0.717) is 12.5 Å². The van der Waals surface area contributed by atoms with Gasteiger partial charge in [-0.25, -0.2) is 0 Å². The molecule has 0 aliphatic carbocycles. The zero-order valence-corrected chi connectivity index (χ0v) is 14.5. The average Bonchev–Trinajstić information content (AvgIpc) is 2.60. The average molecular weight is 326 g/mol. The highest BCUT2D eigenvalue weighted by Crippen LogP contribution is 2.16. The number of aliphatic hydroxyl groups excluding tert-OH is 1. The lowest BCUT2D eigenvalue weighted by Gasteiger charge is -2.20. The summed E-state index contributed by atoms with van der Waals surface area (Å²) < 4.78 is 0. The number of aliphatic imine (C=N–C) groups is 1. The van der Waals surface area contributed by atoms with Gasteiger partial charge in [0.25, 0.3) is 0 Å². The molecule has 3 N–H and O–H groups in total. The van der Waals surface area contributed by atoms with E-state index in [9.17, 15) is 5.11 Å². The van der Waals surface area contributed by atoms with Gasteiger partial charge >= 0.3 is 0 Å². The molecule has 0 saturated carbocycles. The van der Waals surface area contributed by atoms with E-state index in [2.05, 4.69) is 46.6 Å². The van der Waals surface area contributed by atoms with Crippen molar-refractivity contribution in [3.05, 3.63) is 65.5 Å². The second kappa shape index (κ2) is 9.03. The van der Waals surface area contributed by atoms with Gasteiger partial charge in [0, 0.05) is 18.9 Å². The van der Waals surface area contributed by atoms with Crippen LogP contribution in [0.5, 0.6) is 0 Å². The lowest BCUT2D eigenvalue weighted by atomic mass is 10.0. The van der Waals surface area contributed by atoms with Crippen LogP contribution in [0.4, 0.5) is 0 Å². The van der Waals surface area contributed by atoms with Gasteiger partial charge in [-0.3, -0.25) is 9.98 Å². The maximum atomic E-state index is 10.2. The molecule has 1 heterocycles. The van der Waals surface area contributed by atoms with Crippen LogP contribution in [0.3, 0.4) is 0 Å². The van der Waals surface area contributed by atoms with Gasteiger partial charge in [-0.05, 0) is 49.6 Å². The van der Waals surface area contributed by atoms with Crippen molar-refractivity contribution in [3.63, 3.8) is 0 Å². The Morgan fingerprint density at radius 1 is 1.21 bits per heavy atom. The molecule has 128 valence electrons. The predicted molar refractivity (Wildman–Crippen MR) is 97.9 cm³/mol. The summed E-state index contributed by atoms with van der Waals surface area (Å²) in [5.41, 5.74) is 3.29. The van der Waals surface area contributed by atoms with Crippen LogP contribution >= 0.6 is 0 Å². The lowest BCUT2D eigenvalue weighted by Crippen LogP contribution is -2.39. The molecule has 0 aliphatic rings. The first kappa shape index (κ1) is 17.9. The van der Waals surface area contributed by atoms with Crippen LogP contribution in [0.15, 0.2) is 53.8 Å². The zero-order valence-electron chi connectivity index (χ0n) is 14.5. The Hall–Kier alpha value is -2.40. The first-order chi connectivity index (χ1) is 11.6. The van der Waals surface area contributed by atoms with Gasteiger partial charge in [-0.1, -0.05) is 24.3 Å². The first-order valence-electron chi connectivity index (χ1n) is 8.30. The highest BCUT2D eigenvalue weighted by molar-refractivity contribution is 5.80. The molecule has 0 fully saturated rings. The van der Waals surface area contributed by atoms with Crippen LogP contribution in [0.1, 0.15) is 42.7 Å². The lowest BCUT2D eigenvalue weighted by molar-refractivity contribution is 0.187. The monoisotopic (exact) mass is 326 g/mol. The summed E-state index contributed by atoms with van der Waals surface area (Å²) in [7, 11) is 0. The largest absolute Gasteiger partial charge is 0.386 e. The Balaban J connectivity index is 2.04. The van der Waals surface area contributed by atoms with E-state index in [4.69, 9.17) is 0 Å². The Morgan fingerprint density at radius 2 is 1.92 bits per heavy atom. The highest BCUT2D eigenvalue weighted by atomic mass is 16.3. The predicted octanol–water partition coefficient (Wildman–Crippen LogP) is 2.74. The van der Waals surface area contributed by atoms with Gasteiger partial charge in [0.05, 0.1) is 18.7 Å². The normalized spacial score (nSPS) is 14.1. The fourth-order valence-corrected chi connectivity index (χ4v) is 2.54. The summed E-state index contributed by atoms with van der Waals surface area (Å²) in [5.74, 6) is 0.696. The van der Waals surface area contributed by atoms with Crippen molar-refractivity contribution < 1.29 is 5.11 Å². The third-order valence-corrected chi connectivity index (χ3v) is 3.87. The van der Waals surface area contributed by atoms with E-state index in [1.54, 1.807) is 24.5 Å². The SMILES string of the molecule is CCNC(=NCC(O)c1ccncc1)NC(C)c1ccccc1C. The summed E-state index contributed by atoms with van der Waals surface area (Å²) in [6, 6.07) is 12.0. The maximum Gasteiger partial charge on any atom is 0.191 e. The van der Waals surface area contributed by atoms with Crippen LogP contribution in [-0.2, 0) is 0 Å². The third-order valence-electron chi connectivity index (χ3n) is 3.87. The van der Waals surface area contributed by atoms with Crippen molar-refractivity contribution in [2.45, 2.75) is 32.9 Å². The second-order valence-corrected chi connectivity index (χ2v) is 5.74. The van der Waals surface area contributed by atoms with Crippen molar-refractivity contribution in [2.24, 2.45) is 4.99 Å². The van der Waals surface area contributed by atoms with Crippen molar-refractivity contribution >= 4 is 5.96 Å². The molecule has 0 aliphatic heterocycles. The van der Waals surface area contributed by atoms with Gasteiger partial charge in [-0.15, -0.1) is 0 Å². The Kier molecular flexibility index (Phi) is 6.75. The molecule has 0 amide bonds. The molecule has 2 unspecified atom stereocenters. The Bertz CT molecular complexity index is 657. The molecule has 5 heteroatoms. The van der Waals surface area contributed by atoms with Crippen LogP contribution in [0.25, 0.3) is 0 Å². The number of rotatable bonds is 6. The molecule has 1 aromatic carbocycles. The van der Waals surface area contributed by atoms with Crippen molar-refractivity contribution in [2.75, 3.05) is 13.1 Å². The molecule has 0 radical (unpaired) electrons. The number of aliphatic hydroxyl groups is 1. The molecule has 2 aromatic rings. The second-order valence-electron chi connectivity index (χ2n) is 5.74. The van der Waals surface area contributed by atoms with E-state index in [-0.39, 0.29) is 6.04 Å². The van der Waals surface area contributed by atoms with E-state index >= 15 is 0 Å². The van der Waals surface area contributed by atoms with Crippen LogP contribution in [-0.4, -0.2) is 29.1 Å². The molecule has 0 spiro atoms. The minimum Gasteiger partial charge on any atom is -0.386 e. The summed E-state index contributed by atoms with van der Waals surface area (Å²) in [5, 5.41) is 16.9. The van der Waals surface area contributed by atoms with Crippen LogP contribution in [0, 0.1) is 6.92 Å². The Labute approximate surface area is 143 Å². The fraction of sp³-hybridized carbons (Fsp3) is 0.368. The topological polar surface area (TPSA) is 69.5 Å². The number of nitrogens with zero attached hydrogens (tertiary/aromatic N) is 2. The molecular weight excluding hydrogens is 300 g/mol. The number of nitrogens with one attached hydrogen (secondary N) is 2. The van der Waals surface area contributed by atoms with E-state index in [1.807, 2.05) is 19.1 Å². The quantitative estimate of drug-likeness (QED) is 0.564. The van der Waals surface area contributed by atoms with Crippen molar-refractivity contribution in [1.82, 2.24) is 15.6 Å². The van der Waals surface area contributed by atoms with E-state index in [0.717, 1.165) is 12.1 Å². The Morgan fingerprint density at radius 3 is 2.58 bits per heavy atom. The molecule has 24 heavy (non-hydrogen) atoms. The minimum absolute atomic E-state index is 0.127. The minimum atomic E-state index is -0.641. The van der Waals surface area contributed by atoms with Crippen LogP contribution < -0.4 is 10.6 Å². The smallest absolute Gasteiger partial charge is 0.191 e. The van der Waals surface area contributed by atoms with Gasteiger partial charge in [-0.2, -0.15) is 0 Å². The number of guanidine groups is 1. The van der Waals surface area contributed by atoms with Crippen LogP contribution in [0.2, 0.25) is 0 Å². The molecular formula is C19H26N4O. The van der Waals surface area contributed by atoms with Gasteiger partial charge in [0.15, 0.2) is 5.96 Å². The molecule has 1 aromatic heterocycles. The maximum absolute atomic E-state index is 10.2. The molecule has 5 nitrogen and oxygen atoms in total. The molecule has 2 rings (SSSR count). The van der Waals surface area contributed by atoms with Gasteiger partial charge in [0.2, 0.25) is 0 Å². The summed E-state index contributed by atoms with van der Waals surface area (Å²) in [6.07, 6.45) is 2.70. The third kappa shape index (κ3) is 5.06. The number of hydrogen-bond acceptors (Lipinski definition) is 3. The molecule has 0 bridgehead atoms. The zero-order chi connectivity index (χ0) is 17.4. The fourth-order valence-electron chi connectivity index (χ4n) is 2.54. The van der Waals surface area contributed by atoms with Gasteiger partial charge < -0.3 is 15.7 Å². The summed E-state index contributed by atoms with van der Waals surface area (Å²) in [6.45, 7) is 7.28. The number of benzene rings is 1. The number of aromatic nitrogens is 1. The van der Waals surface area contributed by atoms with E-state index < -0.39 is 6.10 Å². The number of hydrogen-bond donors (Lipinski definition) is 3. The molecule has 2 atom stereocenters.